The van der Waals surface area contributed by atoms with E-state index in [4.69, 9.17) is 4.74 Å². The van der Waals surface area contributed by atoms with Crippen LogP contribution in [0.4, 0.5) is 0 Å². The minimum Gasteiger partial charge on any atom is -0.378 e. The Balaban J connectivity index is 1.69. The third-order valence-electron chi connectivity index (χ3n) is 2.64. The molecule has 0 radical (unpaired) electrons. The van der Waals surface area contributed by atoms with Crippen LogP contribution in [0.1, 0.15) is 5.69 Å². The maximum atomic E-state index is 11.7. The van der Waals surface area contributed by atoms with Crippen LogP contribution in [0.15, 0.2) is 24.4 Å². The van der Waals surface area contributed by atoms with E-state index in [2.05, 4.69) is 15.6 Å². The highest BCUT2D eigenvalue weighted by molar-refractivity contribution is 5.81. The van der Waals surface area contributed by atoms with E-state index >= 15 is 0 Å². The molecule has 17 heavy (non-hydrogen) atoms. The minimum absolute atomic E-state index is 0.000584. The molecule has 0 saturated carbocycles. The van der Waals surface area contributed by atoms with E-state index in [0.29, 0.717) is 19.8 Å². The molecule has 0 aliphatic carbocycles. The molecule has 5 nitrogen and oxygen atoms in total. The number of nitrogens with one attached hydrogen (secondary N) is 2. The number of ether oxygens (including phenoxy) is 1. The number of aromatic nitrogens is 1. The Morgan fingerprint density at radius 1 is 1.59 bits per heavy atom. The van der Waals surface area contributed by atoms with Gasteiger partial charge in [0, 0.05) is 31.4 Å². The Kier molecular flexibility index (Phi) is 4.46. The van der Waals surface area contributed by atoms with Gasteiger partial charge in [-0.2, -0.15) is 0 Å². The minimum atomic E-state index is -0.215. The zero-order valence-corrected chi connectivity index (χ0v) is 9.69. The molecule has 1 aromatic heterocycles. The molecule has 5 heteroatoms. The van der Waals surface area contributed by atoms with Crippen molar-refractivity contribution in [1.82, 2.24) is 15.6 Å². The maximum Gasteiger partial charge on any atom is 0.239 e. The maximum absolute atomic E-state index is 11.7. The molecule has 1 aromatic rings. The largest absolute Gasteiger partial charge is 0.378 e. The van der Waals surface area contributed by atoms with E-state index in [1.165, 1.54) is 0 Å². The highest BCUT2D eigenvalue weighted by Gasteiger charge is 2.20. The third kappa shape index (κ3) is 3.80. The molecule has 0 aromatic carbocycles. The zero-order chi connectivity index (χ0) is 11.9. The van der Waals surface area contributed by atoms with Crippen molar-refractivity contribution in [3.63, 3.8) is 0 Å². The van der Waals surface area contributed by atoms with Crippen molar-refractivity contribution in [1.29, 1.82) is 0 Å². The van der Waals surface area contributed by atoms with Crippen LogP contribution in [0, 0.1) is 0 Å². The van der Waals surface area contributed by atoms with Gasteiger partial charge in [0.05, 0.1) is 13.2 Å². The molecule has 2 heterocycles. The number of carbonyl (C=O) groups is 1. The summed E-state index contributed by atoms with van der Waals surface area (Å²) >= 11 is 0. The Bertz CT molecular complexity index is 350. The summed E-state index contributed by atoms with van der Waals surface area (Å²) in [6.07, 6.45) is 2.51. The molecule has 1 atom stereocenters. The van der Waals surface area contributed by atoms with Gasteiger partial charge in [0.2, 0.25) is 5.91 Å². The first-order chi connectivity index (χ1) is 8.36. The van der Waals surface area contributed by atoms with Crippen molar-refractivity contribution in [2.75, 3.05) is 26.3 Å². The number of morpholine rings is 1. The van der Waals surface area contributed by atoms with Crippen LogP contribution < -0.4 is 10.6 Å². The van der Waals surface area contributed by atoms with Gasteiger partial charge in [-0.05, 0) is 12.1 Å². The quantitative estimate of drug-likeness (QED) is 0.754. The number of nitrogens with zero attached hydrogens (tertiary/aromatic N) is 1. The van der Waals surface area contributed by atoms with Gasteiger partial charge in [0.25, 0.3) is 0 Å². The smallest absolute Gasteiger partial charge is 0.239 e. The molecule has 1 unspecified atom stereocenters. The van der Waals surface area contributed by atoms with Gasteiger partial charge in [-0.1, -0.05) is 6.07 Å². The van der Waals surface area contributed by atoms with Gasteiger partial charge in [-0.3, -0.25) is 9.78 Å². The van der Waals surface area contributed by atoms with Gasteiger partial charge in [-0.15, -0.1) is 0 Å². The van der Waals surface area contributed by atoms with Crippen LogP contribution >= 0.6 is 0 Å². The molecule has 1 fully saturated rings. The Labute approximate surface area is 101 Å². The Hall–Kier alpha value is -1.46. The van der Waals surface area contributed by atoms with Crippen molar-refractivity contribution in [2.24, 2.45) is 0 Å². The van der Waals surface area contributed by atoms with Gasteiger partial charge >= 0.3 is 0 Å². The highest BCUT2D eigenvalue weighted by Crippen LogP contribution is 1.95. The Morgan fingerprint density at radius 2 is 2.53 bits per heavy atom. The summed E-state index contributed by atoms with van der Waals surface area (Å²) < 4.78 is 5.23. The molecule has 0 spiro atoms. The van der Waals surface area contributed by atoms with E-state index < -0.39 is 0 Å². The number of amides is 1. The summed E-state index contributed by atoms with van der Waals surface area (Å²) in [6, 6.07) is 5.56. The van der Waals surface area contributed by atoms with Gasteiger partial charge in [0.15, 0.2) is 0 Å². The summed E-state index contributed by atoms with van der Waals surface area (Å²) in [4.78, 5) is 15.9. The lowest BCUT2D eigenvalue weighted by Crippen LogP contribution is -2.51. The summed E-state index contributed by atoms with van der Waals surface area (Å²) in [7, 11) is 0. The van der Waals surface area contributed by atoms with Crippen molar-refractivity contribution in [2.45, 2.75) is 12.5 Å². The van der Waals surface area contributed by atoms with E-state index in [9.17, 15) is 4.79 Å². The molecule has 2 rings (SSSR count). The Morgan fingerprint density at radius 3 is 3.24 bits per heavy atom. The predicted octanol–water partition coefficient (Wildman–Crippen LogP) is -0.271. The van der Waals surface area contributed by atoms with Crippen LogP contribution in [-0.4, -0.2) is 43.2 Å². The number of hydrogen-bond donors (Lipinski definition) is 2. The van der Waals surface area contributed by atoms with Gasteiger partial charge < -0.3 is 15.4 Å². The van der Waals surface area contributed by atoms with Crippen LogP contribution in [-0.2, 0) is 16.0 Å². The monoisotopic (exact) mass is 235 g/mol. The molecule has 92 valence electrons. The van der Waals surface area contributed by atoms with Crippen LogP contribution in [0.3, 0.4) is 0 Å². The SMILES string of the molecule is O=C(NCCc1ccccn1)C1COCCN1. The second-order valence-electron chi connectivity index (χ2n) is 3.94. The fraction of sp³-hybridized carbons (Fsp3) is 0.500. The topological polar surface area (TPSA) is 63.2 Å². The van der Waals surface area contributed by atoms with Gasteiger partial charge in [0.1, 0.15) is 6.04 Å². The lowest BCUT2D eigenvalue weighted by atomic mass is 10.2. The van der Waals surface area contributed by atoms with Crippen molar-refractivity contribution < 1.29 is 9.53 Å². The first kappa shape index (κ1) is 12.0. The summed E-state index contributed by atoms with van der Waals surface area (Å²) in [5.41, 5.74) is 0.987. The zero-order valence-electron chi connectivity index (χ0n) is 9.69. The van der Waals surface area contributed by atoms with Crippen molar-refractivity contribution in [3.05, 3.63) is 30.1 Å². The molecule has 0 bridgehead atoms. The second kappa shape index (κ2) is 6.32. The van der Waals surface area contributed by atoms with Crippen LogP contribution in [0.25, 0.3) is 0 Å². The number of rotatable bonds is 4. The summed E-state index contributed by atoms with van der Waals surface area (Å²) in [5, 5.41) is 5.99. The third-order valence-corrected chi connectivity index (χ3v) is 2.64. The van der Waals surface area contributed by atoms with E-state index in [1.54, 1.807) is 6.20 Å². The number of pyridine rings is 1. The van der Waals surface area contributed by atoms with E-state index in [1.807, 2.05) is 18.2 Å². The molecule has 1 amide bonds. The van der Waals surface area contributed by atoms with Crippen molar-refractivity contribution in [3.8, 4) is 0 Å². The molecule has 1 saturated heterocycles. The molecule has 1 aliphatic heterocycles. The first-order valence-corrected chi connectivity index (χ1v) is 5.85. The lowest BCUT2D eigenvalue weighted by molar-refractivity contribution is -0.125. The number of carbonyl (C=O) groups excluding carboxylic acids is 1. The number of hydrogen-bond acceptors (Lipinski definition) is 4. The van der Waals surface area contributed by atoms with Crippen LogP contribution in [0.5, 0.6) is 0 Å². The second-order valence-corrected chi connectivity index (χ2v) is 3.94. The molecular weight excluding hydrogens is 218 g/mol. The molecular formula is C12H17N3O2. The van der Waals surface area contributed by atoms with E-state index in [-0.39, 0.29) is 11.9 Å². The fourth-order valence-corrected chi connectivity index (χ4v) is 1.72. The average Bonchev–Trinajstić information content (AvgIpc) is 2.41. The summed E-state index contributed by atoms with van der Waals surface area (Å²) in [5.74, 6) is 0.000584. The standard InChI is InChI=1S/C12H17N3O2/c16-12(11-9-17-8-7-14-11)15-6-4-10-3-1-2-5-13-10/h1-3,5,11,14H,4,6-9H2,(H,15,16). The summed E-state index contributed by atoms with van der Waals surface area (Å²) in [6.45, 7) is 2.47. The predicted molar refractivity (Wildman–Crippen MR) is 63.6 cm³/mol. The fourth-order valence-electron chi connectivity index (χ4n) is 1.72. The van der Waals surface area contributed by atoms with Crippen LogP contribution in [0.2, 0.25) is 0 Å². The van der Waals surface area contributed by atoms with Gasteiger partial charge in [-0.25, -0.2) is 0 Å². The van der Waals surface area contributed by atoms with Crippen molar-refractivity contribution >= 4 is 5.91 Å². The lowest BCUT2D eigenvalue weighted by Gasteiger charge is -2.22. The molecule has 1 aliphatic rings. The normalized spacial score (nSPS) is 19.9. The first-order valence-electron chi connectivity index (χ1n) is 5.85. The average molecular weight is 235 g/mol. The molecule has 2 N–H and O–H groups in total. The van der Waals surface area contributed by atoms with E-state index in [0.717, 1.165) is 18.7 Å². The highest BCUT2D eigenvalue weighted by atomic mass is 16.5.